The van der Waals surface area contributed by atoms with Crippen molar-refractivity contribution < 1.29 is 27.4 Å². The van der Waals surface area contributed by atoms with Gasteiger partial charge in [0.15, 0.2) is 6.61 Å². The predicted octanol–water partition coefficient (Wildman–Crippen LogP) is 4.34. The van der Waals surface area contributed by atoms with Crippen LogP contribution < -0.4 is 20.1 Å². The lowest BCUT2D eigenvalue weighted by Crippen LogP contribution is -2.46. The van der Waals surface area contributed by atoms with E-state index in [0.29, 0.717) is 5.69 Å². The Hall–Kier alpha value is -3.53. The zero-order valence-corrected chi connectivity index (χ0v) is 18.6. The van der Waals surface area contributed by atoms with Crippen LogP contribution in [-0.4, -0.2) is 55.8 Å². The maximum absolute atomic E-state index is 12.4. The highest BCUT2D eigenvalue weighted by atomic mass is 19.4. The van der Waals surface area contributed by atoms with Gasteiger partial charge in [-0.25, -0.2) is 4.99 Å². The van der Waals surface area contributed by atoms with Gasteiger partial charge in [0.2, 0.25) is 0 Å². The zero-order valence-electron chi connectivity index (χ0n) is 18.6. The van der Waals surface area contributed by atoms with E-state index < -0.39 is 12.3 Å². The van der Waals surface area contributed by atoms with Crippen molar-refractivity contribution in [2.75, 3.05) is 38.1 Å². The fourth-order valence-corrected chi connectivity index (χ4v) is 3.77. The minimum Gasteiger partial charge on any atom is -0.484 e. The van der Waals surface area contributed by atoms with Gasteiger partial charge in [-0.15, -0.1) is 13.2 Å². The molecule has 0 atom stereocenters. The lowest BCUT2D eigenvalue weighted by Gasteiger charge is -2.30. The maximum Gasteiger partial charge on any atom is 0.573 e. The summed E-state index contributed by atoms with van der Waals surface area (Å²) >= 11 is 0. The van der Waals surface area contributed by atoms with Crippen molar-refractivity contribution in [1.29, 1.82) is 0 Å². The van der Waals surface area contributed by atoms with Gasteiger partial charge < -0.3 is 25.0 Å². The molecule has 2 heterocycles. The predicted molar refractivity (Wildman–Crippen MR) is 123 cm³/mol. The minimum absolute atomic E-state index is 0.250. The van der Waals surface area contributed by atoms with Crippen molar-refractivity contribution in [3.63, 3.8) is 0 Å². The second kappa shape index (κ2) is 10.2. The molecular weight excluding hydrogens is 449 g/mol. The van der Waals surface area contributed by atoms with Crippen LogP contribution in [0.25, 0.3) is 5.57 Å². The number of aliphatic imine (C=N–C) groups is 1. The third kappa shape index (κ3) is 6.28. The number of carbonyl (C=O) groups excluding carboxylic acids is 1. The minimum atomic E-state index is -4.76. The van der Waals surface area contributed by atoms with Gasteiger partial charge in [0.05, 0.1) is 5.69 Å². The molecule has 2 aromatic rings. The summed E-state index contributed by atoms with van der Waals surface area (Å²) in [5, 5.41) is 6.13. The molecule has 0 aromatic heterocycles. The first-order valence-electron chi connectivity index (χ1n) is 10.9. The average Bonchev–Trinajstić information content (AvgIpc) is 2.97. The van der Waals surface area contributed by atoms with Crippen LogP contribution in [0, 0.1) is 0 Å². The molecule has 0 bridgehead atoms. The highest BCUT2D eigenvalue weighted by Crippen LogP contribution is 2.33. The van der Waals surface area contributed by atoms with Crippen LogP contribution in [0.4, 0.5) is 24.5 Å². The van der Waals surface area contributed by atoms with Crippen molar-refractivity contribution in [3.8, 4) is 11.5 Å². The summed E-state index contributed by atoms with van der Waals surface area (Å²) in [5.41, 5.74) is 3.49. The molecule has 1 fully saturated rings. The quantitative estimate of drug-likeness (QED) is 0.674. The third-order valence-electron chi connectivity index (χ3n) is 5.45. The molecule has 7 nitrogen and oxygen atoms in total. The van der Waals surface area contributed by atoms with Gasteiger partial charge in [-0.05, 0) is 55.0 Å². The average molecular weight is 474 g/mol. The number of allylic oxidation sites excluding steroid dienone is 1. The number of hydrogen-bond donors (Lipinski definition) is 2. The molecule has 0 saturated carbocycles. The second-order valence-electron chi connectivity index (χ2n) is 7.94. The van der Waals surface area contributed by atoms with E-state index in [9.17, 15) is 18.0 Å². The topological polar surface area (TPSA) is 75.2 Å². The van der Waals surface area contributed by atoms with Gasteiger partial charge in [-0.3, -0.25) is 4.79 Å². The number of rotatable bonds is 5. The maximum atomic E-state index is 12.4. The van der Waals surface area contributed by atoms with Crippen LogP contribution in [0.2, 0.25) is 0 Å². The normalized spacial score (nSPS) is 16.1. The molecule has 0 spiro atoms. The smallest absolute Gasteiger partial charge is 0.484 e. The number of carbonyl (C=O) groups is 1. The van der Waals surface area contributed by atoms with E-state index in [1.165, 1.54) is 12.1 Å². The number of amidine groups is 1. The van der Waals surface area contributed by atoms with Crippen LogP contribution in [0.3, 0.4) is 0 Å². The molecule has 0 unspecified atom stereocenters. The number of nitrogens with one attached hydrogen (secondary N) is 2. The number of benzene rings is 2. The number of ether oxygens (including phenoxy) is 2. The number of hydrogen-bond acceptors (Lipinski definition) is 6. The largest absolute Gasteiger partial charge is 0.573 e. The van der Waals surface area contributed by atoms with Crippen molar-refractivity contribution in [2.45, 2.75) is 19.7 Å². The van der Waals surface area contributed by atoms with Gasteiger partial charge in [-0.1, -0.05) is 6.08 Å². The standard InChI is InChI=1S/C24H25F3N4O3/c1-16-2-9-22(31-12-10-28-11-13-31)30-21-8-3-17(14-20(16)21)29-23(32)15-33-18-4-6-19(7-5-18)34-24(25,26)27/h2-8,14,28H,9-13,15H2,1H3,(H,29,32). The number of halogens is 3. The van der Waals surface area contributed by atoms with Gasteiger partial charge >= 0.3 is 6.36 Å². The molecule has 10 heteroatoms. The van der Waals surface area contributed by atoms with E-state index in [0.717, 1.165) is 67.4 Å². The summed E-state index contributed by atoms with van der Waals surface area (Å²) < 4.78 is 45.9. The molecule has 180 valence electrons. The molecule has 4 rings (SSSR count). The summed E-state index contributed by atoms with van der Waals surface area (Å²) in [5.74, 6) is 0.535. The first kappa shape index (κ1) is 23.6. The summed E-state index contributed by atoms with van der Waals surface area (Å²) in [6, 6.07) is 10.4. The van der Waals surface area contributed by atoms with Crippen LogP contribution in [-0.2, 0) is 4.79 Å². The van der Waals surface area contributed by atoms with Crippen LogP contribution >= 0.6 is 0 Å². The Bertz CT molecular complexity index is 1090. The number of amides is 1. The summed E-state index contributed by atoms with van der Waals surface area (Å²) in [7, 11) is 0. The first-order chi connectivity index (χ1) is 16.3. The van der Waals surface area contributed by atoms with Gasteiger partial charge in [0.1, 0.15) is 17.3 Å². The summed E-state index contributed by atoms with van der Waals surface area (Å²) in [6.07, 6.45) is -1.86. The molecule has 1 amide bonds. The van der Waals surface area contributed by atoms with Crippen LogP contribution in [0.1, 0.15) is 18.9 Å². The lowest BCUT2D eigenvalue weighted by molar-refractivity contribution is -0.274. The summed E-state index contributed by atoms with van der Waals surface area (Å²) in [4.78, 5) is 19.5. The second-order valence-corrected chi connectivity index (χ2v) is 7.94. The molecule has 0 radical (unpaired) electrons. The highest BCUT2D eigenvalue weighted by Gasteiger charge is 2.31. The van der Waals surface area contributed by atoms with Crippen LogP contribution in [0.15, 0.2) is 53.5 Å². The Morgan fingerprint density at radius 1 is 1.12 bits per heavy atom. The SMILES string of the molecule is CC1=CCC(N2CCNCC2)=Nc2ccc(NC(=O)COc3ccc(OC(F)(F)F)cc3)cc21. The molecule has 34 heavy (non-hydrogen) atoms. The molecular formula is C24H25F3N4O3. The summed E-state index contributed by atoms with van der Waals surface area (Å²) in [6.45, 7) is 5.45. The Kier molecular flexibility index (Phi) is 7.06. The van der Waals surface area contributed by atoms with E-state index in [-0.39, 0.29) is 18.1 Å². The number of fused-ring (bicyclic) bond motifs is 1. The van der Waals surface area contributed by atoms with E-state index in [2.05, 4.69) is 26.3 Å². The Morgan fingerprint density at radius 2 is 1.82 bits per heavy atom. The zero-order chi connectivity index (χ0) is 24.1. The van der Waals surface area contributed by atoms with Crippen molar-refractivity contribution in [1.82, 2.24) is 10.2 Å². The number of anilines is 1. The van der Waals surface area contributed by atoms with E-state index in [1.807, 2.05) is 19.1 Å². The molecule has 0 aliphatic carbocycles. The molecule has 2 aromatic carbocycles. The van der Waals surface area contributed by atoms with E-state index >= 15 is 0 Å². The molecule has 2 N–H and O–H groups in total. The lowest BCUT2D eigenvalue weighted by atomic mass is 10.0. The number of alkyl halides is 3. The Balaban J connectivity index is 1.37. The Morgan fingerprint density at radius 3 is 2.53 bits per heavy atom. The van der Waals surface area contributed by atoms with Crippen molar-refractivity contribution in [3.05, 3.63) is 54.1 Å². The molecule has 2 aliphatic heterocycles. The van der Waals surface area contributed by atoms with E-state index in [1.54, 1.807) is 6.07 Å². The van der Waals surface area contributed by atoms with Crippen molar-refractivity contribution in [2.24, 2.45) is 4.99 Å². The van der Waals surface area contributed by atoms with Gasteiger partial charge in [0.25, 0.3) is 5.91 Å². The van der Waals surface area contributed by atoms with Gasteiger partial charge in [-0.2, -0.15) is 0 Å². The molecule has 1 saturated heterocycles. The Labute approximate surface area is 195 Å². The first-order valence-corrected chi connectivity index (χ1v) is 10.9. The molecule has 2 aliphatic rings. The van der Waals surface area contributed by atoms with E-state index in [4.69, 9.17) is 9.73 Å². The highest BCUT2D eigenvalue weighted by molar-refractivity contribution is 5.95. The van der Waals surface area contributed by atoms with Crippen LogP contribution in [0.5, 0.6) is 11.5 Å². The fraction of sp³-hybridized carbons (Fsp3) is 0.333. The monoisotopic (exact) mass is 474 g/mol. The number of nitrogens with zero attached hydrogens (tertiary/aromatic N) is 2. The number of piperazine rings is 1. The third-order valence-corrected chi connectivity index (χ3v) is 5.45. The van der Waals surface area contributed by atoms with Gasteiger partial charge in [0, 0.05) is 43.9 Å². The fourth-order valence-electron chi connectivity index (χ4n) is 3.77. The van der Waals surface area contributed by atoms with Crippen molar-refractivity contribution >= 4 is 28.7 Å².